The number of ether oxygens (including phenoxy) is 2. The predicted molar refractivity (Wildman–Crippen MR) is 90.7 cm³/mol. The van der Waals surface area contributed by atoms with Crippen LogP contribution in [0.15, 0.2) is 24.3 Å². The first-order chi connectivity index (χ1) is 11.7. The zero-order chi connectivity index (χ0) is 17.6. The van der Waals surface area contributed by atoms with E-state index >= 15 is 0 Å². The summed E-state index contributed by atoms with van der Waals surface area (Å²) in [5.41, 5.74) is 1.84. The van der Waals surface area contributed by atoms with Crippen molar-refractivity contribution in [2.45, 2.75) is 13.1 Å². The zero-order valence-corrected chi connectivity index (χ0v) is 14.2. The Balaban J connectivity index is 2.32. The largest absolute Gasteiger partial charge is 0.448 e. The number of likely N-dealkylation sites (N-methyl/N-ethyl adjacent to an activating group) is 2. The van der Waals surface area contributed by atoms with Gasteiger partial charge in [0.15, 0.2) is 0 Å². The predicted octanol–water partition coefficient (Wildman–Crippen LogP) is 0.578. The highest BCUT2D eigenvalue weighted by Gasteiger charge is 2.04. The maximum absolute atomic E-state index is 11.5. The van der Waals surface area contributed by atoms with E-state index in [9.17, 15) is 9.59 Å². The monoisotopic (exact) mass is 338 g/mol. The van der Waals surface area contributed by atoms with Gasteiger partial charge in [-0.05, 0) is 25.2 Å². The molecule has 0 aliphatic heterocycles. The van der Waals surface area contributed by atoms with Gasteiger partial charge in [0.05, 0.1) is 0 Å². The first kappa shape index (κ1) is 19.7. The van der Waals surface area contributed by atoms with Crippen LogP contribution in [-0.2, 0) is 22.6 Å². The van der Waals surface area contributed by atoms with Crippen LogP contribution in [-0.4, -0.2) is 52.6 Å². The SMILES string of the molecule is CNCCOC(=O)NCc1cccc(CNC(=O)OCCNC)c1. The standard InChI is InChI=1S/C16H26N4O4/c1-17-6-8-23-15(21)19-11-13-4-3-5-14(10-13)12-20-16(22)24-9-7-18-2/h3-5,10,17-18H,6-9,11-12H2,1-2H3,(H,19,21)(H,20,22). The van der Waals surface area contributed by atoms with Gasteiger partial charge in [0.1, 0.15) is 13.2 Å². The summed E-state index contributed by atoms with van der Waals surface area (Å²) in [7, 11) is 3.58. The van der Waals surface area contributed by atoms with Gasteiger partial charge in [-0.25, -0.2) is 9.59 Å². The van der Waals surface area contributed by atoms with E-state index in [2.05, 4.69) is 21.3 Å². The molecule has 0 aliphatic rings. The fourth-order valence-corrected chi connectivity index (χ4v) is 1.79. The molecule has 0 saturated carbocycles. The Bertz CT molecular complexity index is 469. The Hall–Kier alpha value is -2.32. The fourth-order valence-electron chi connectivity index (χ4n) is 1.79. The zero-order valence-electron chi connectivity index (χ0n) is 14.2. The van der Waals surface area contributed by atoms with Gasteiger partial charge in [0.25, 0.3) is 0 Å². The van der Waals surface area contributed by atoms with Crippen molar-refractivity contribution in [3.05, 3.63) is 35.4 Å². The van der Waals surface area contributed by atoms with Crippen LogP contribution in [0.3, 0.4) is 0 Å². The number of nitrogens with one attached hydrogen (secondary N) is 4. The van der Waals surface area contributed by atoms with Crippen molar-refractivity contribution in [3.8, 4) is 0 Å². The summed E-state index contributed by atoms with van der Waals surface area (Å²) in [6, 6.07) is 7.56. The van der Waals surface area contributed by atoms with Gasteiger partial charge in [0, 0.05) is 26.2 Å². The second-order valence-electron chi connectivity index (χ2n) is 5.01. The van der Waals surface area contributed by atoms with Crippen molar-refractivity contribution >= 4 is 12.2 Å². The van der Waals surface area contributed by atoms with Crippen molar-refractivity contribution in [1.82, 2.24) is 21.3 Å². The maximum atomic E-state index is 11.5. The molecular formula is C16H26N4O4. The lowest BCUT2D eigenvalue weighted by molar-refractivity contribution is 0.146. The average Bonchev–Trinajstić information content (AvgIpc) is 2.59. The Kier molecular flexibility index (Phi) is 9.98. The second-order valence-corrected chi connectivity index (χ2v) is 5.01. The van der Waals surface area contributed by atoms with Gasteiger partial charge in [-0.15, -0.1) is 0 Å². The fraction of sp³-hybridized carbons (Fsp3) is 0.500. The summed E-state index contributed by atoms with van der Waals surface area (Å²) in [6.45, 7) is 2.58. The van der Waals surface area contributed by atoms with E-state index in [1.54, 1.807) is 14.1 Å². The van der Waals surface area contributed by atoms with Crippen LogP contribution in [0.2, 0.25) is 0 Å². The Morgan fingerprint density at radius 2 is 1.33 bits per heavy atom. The average molecular weight is 338 g/mol. The third kappa shape index (κ3) is 8.96. The van der Waals surface area contributed by atoms with Crippen LogP contribution in [0.5, 0.6) is 0 Å². The molecule has 0 spiro atoms. The van der Waals surface area contributed by atoms with Gasteiger partial charge in [0.2, 0.25) is 0 Å². The van der Waals surface area contributed by atoms with Crippen molar-refractivity contribution in [2.24, 2.45) is 0 Å². The molecule has 0 bridgehead atoms. The molecule has 134 valence electrons. The minimum absolute atomic E-state index is 0.321. The molecule has 0 fully saturated rings. The van der Waals surface area contributed by atoms with Crippen LogP contribution in [0.4, 0.5) is 9.59 Å². The smallest absolute Gasteiger partial charge is 0.407 e. The number of carbonyl (C=O) groups is 2. The quantitative estimate of drug-likeness (QED) is 0.466. The van der Waals surface area contributed by atoms with E-state index < -0.39 is 12.2 Å². The molecule has 1 rings (SSSR count). The summed E-state index contributed by atoms with van der Waals surface area (Å²) in [5, 5.41) is 11.1. The van der Waals surface area contributed by atoms with E-state index in [1.807, 2.05) is 24.3 Å². The van der Waals surface area contributed by atoms with Crippen LogP contribution in [0.25, 0.3) is 0 Å². The molecule has 0 aliphatic carbocycles. The molecule has 24 heavy (non-hydrogen) atoms. The van der Waals surface area contributed by atoms with E-state index in [1.165, 1.54) is 0 Å². The molecule has 0 heterocycles. The topological polar surface area (TPSA) is 101 Å². The molecular weight excluding hydrogens is 312 g/mol. The first-order valence-corrected chi connectivity index (χ1v) is 7.84. The molecule has 0 unspecified atom stereocenters. The Labute approximate surface area is 142 Å². The van der Waals surface area contributed by atoms with E-state index in [0.29, 0.717) is 39.4 Å². The molecule has 1 aromatic rings. The molecule has 8 nitrogen and oxygen atoms in total. The summed E-state index contributed by atoms with van der Waals surface area (Å²) >= 11 is 0. The summed E-state index contributed by atoms with van der Waals surface area (Å²) < 4.78 is 9.94. The van der Waals surface area contributed by atoms with Gasteiger partial charge in [-0.1, -0.05) is 24.3 Å². The minimum atomic E-state index is -0.457. The number of carbonyl (C=O) groups excluding carboxylic acids is 2. The third-order valence-electron chi connectivity index (χ3n) is 3.04. The van der Waals surface area contributed by atoms with E-state index in [-0.39, 0.29) is 0 Å². The molecule has 4 N–H and O–H groups in total. The lowest BCUT2D eigenvalue weighted by Crippen LogP contribution is -2.27. The first-order valence-electron chi connectivity index (χ1n) is 7.84. The number of amides is 2. The number of benzene rings is 1. The van der Waals surface area contributed by atoms with Crippen molar-refractivity contribution in [2.75, 3.05) is 40.4 Å². The number of hydrogen-bond donors (Lipinski definition) is 4. The highest BCUT2D eigenvalue weighted by Crippen LogP contribution is 2.05. The van der Waals surface area contributed by atoms with Crippen LogP contribution in [0.1, 0.15) is 11.1 Å². The Morgan fingerprint density at radius 3 is 1.75 bits per heavy atom. The highest BCUT2D eigenvalue weighted by atomic mass is 16.6. The van der Waals surface area contributed by atoms with Crippen LogP contribution in [0, 0.1) is 0 Å². The highest BCUT2D eigenvalue weighted by molar-refractivity contribution is 5.67. The number of rotatable bonds is 10. The molecule has 0 atom stereocenters. The van der Waals surface area contributed by atoms with Crippen LogP contribution < -0.4 is 21.3 Å². The normalized spacial score (nSPS) is 10.1. The third-order valence-corrected chi connectivity index (χ3v) is 3.04. The van der Waals surface area contributed by atoms with E-state index in [4.69, 9.17) is 9.47 Å². The minimum Gasteiger partial charge on any atom is -0.448 e. The molecule has 1 aromatic carbocycles. The number of alkyl carbamates (subject to hydrolysis) is 2. The van der Waals surface area contributed by atoms with E-state index in [0.717, 1.165) is 11.1 Å². The molecule has 0 aromatic heterocycles. The van der Waals surface area contributed by atoms with Gasteiger partial charge in [-0.2, -0.15) is 0 Å². The summed E-state index contributed by atoms with van der Waals surface area (Å²) in [4.78, 5) is 23.0. The van der Waals surface area contributed by atoms with Crippen molar-refractivity contribution in [1.29, 1.82) is 0 Å². The lowest BCUT2D eigenvalue weighted by atomic mass is 10.1. The molecule has 8 heteroatoms. The van der Waals surface area contributed by atoms with Crippen LogP contribution >= 0.6 is 0 Å². The second kappa shape index (κ2) is 12.1. The van der Waals surface area contributed by atoms with Gasteiger partial charge in [-0.3, -0.25) is 0 Å². The number of hydrogen-bond acceptors (Lipinski definition) is 6. The van der Waals surface area contributed by atoms with Gasteiger partial charge >= 0.3 is 12.2 Å². The molecule has 2 amide bonds. The Morgan fingerprint density at radius 1 is 0.875 bits per heavy atom. The van der Waals surface area contributed by atoms with Crippen molar-refractivity contribution in [3.63, 3.8) is 0 Å². The maximum Gasteiger partial charge on any atom is 0.407 e. The molecule has 0 radical (unpaired) electrons. The summed E-state index contributed by atoms with van der Waals surface area (Å²) in [6.07, 6.45) is -0.913. The molecule has 0 saturated heterocycles. The van der Waals surface area contributed by atoms with Gasteiger partial charge < -0.3 is 30.7 Å². The van der Waals surface area contributed by atoms with Crippen molar-refractivity contribution < 1.29 is 19.1 Å². The summed E-state index contributed by atoms with van der Waals surface area (Å²) in [5.74, 6) is 0. The lowest BCUT2D eigenvalue weighted by Gasteiger charge is -2.09.